The Morgan fingerprint density at radius 2 is 0.684 bits per heavy atom. The molecule has 12 aromatic rings. The Hall–Kier alpha value is -10.8. The van der Waals surface area contributed by atoms with Crippen LogP contribution in [-0.4, -0.2) is 114 Å². The lowest BCUT2D eigenvalue weighted by atomic mass is 9.52. The lowest BCUT2D eigenvalue weighted by Crippen LogP contribution is -2.47. The minimum absolute atomic E-state index is 0.132. The van der Waals surface area contributed by atoms with Gasteiger partial charge in [-0.15, -0.1) is 0 Å². The molecule has 13 aliphatic rings. The fourth-order valence-electron chi connectivity index (χ4n) is 29.5. The average Bonchev–Trinajstić information content (AvgIpc) is 1.55. The number of aliphatic hydroxyl groups excluding tert-OH is 3. The summed E-state index contributed by atoms with van der Waals surface area (Å²) in [5.41, 5.74) is 24.4. The predicted molar refractivity (Wildman–Crippen MR) is 521 cm³/mol. The topological polar surface area (TPSA) is 217 Å². The van der Waals surface area contributed by atoms with Crippen LogP contribution in [0.1, 0.15) is 241 Å². The fourth-order valence-corrected chi connectivity index (χ4v) is 29.5. The number of ether oxygens (including phenoxy) is 10. The summed E-state index contributed by atoms with van der Waals surface area (Å²) >= 11 is 0. The highest BCUT2D eigenvalue weighted by atomic mass is 16.8. The first-order valence-corrected chi connectivity index (χ1v) is 48.6. The summed E-state index contributed by atoms with van der Waals surface area (Å²) in [5.74, 6) is 5.70. The summed E-state index contributed by atoms with van der Waals surface area (Å²) < 4.78 is 57.9. The van der Waals surface area contributed by atoms with Gasteiger partial charge >= 0.3 is 12.9 Å². The third-order valence-corrected chi connectivity index (χ3v) is 32.0. The molecule has 5 heterocycles. The Balaban J connectivity index is 0.000000104. The van der Waals surface area contributed by atoms with Gasteiger partial charge in [0, 0.05) is 58.0 Å². The summed E-state index contributed by atoms with van der Waals surface area (Å²) in [5, 5.41) is 70.4. The van der Waals surface area contributed by atoms with E-state index in [1.54, 1.807) is 17.2 Å². The van der Waals surface area contributed by atoms with Crippen LogP contribution in [0, 0.1) is 46.3 Å². The summed E-state index contributed by atoms with van der Waals surface area (Å²) in [7, 11) is 1.52. The van der Waals surface area contributed by atoms with Crippen molar-refractivity contribution in [1.29, 1.82) is 0 Å². The number of phenols is 3. The second kappa shape index (κ2) is 31.1. The zero-order valence-electron chi connectivity index (χ0n) is 79.7. The van der Waals surface area contributed by atoms with Gasteiger partial charge in [0.2, 0.25) is 6.29 Å². The minimum atomic E-state index is -1.31. The van der Waals surface area contributed by atoms with Crippen molar-refractivity contribution in [2.45, 2.75) is 253 Å². The molecule has 12 aromatic carbocycles. The van der Waals surface area contributed by atoms with Crippen LogP contribution in [0.3, 0.4) is 0 Å². The van der Waals surface area contributed by atoms with Gasteiger partial charge in [-0.2, -0.15) is 0 Å². The second-order valence-corrected chi connectivity index (χ2v) is 45.9. The first kappa shape index (κ1) is 87.6. The normalized spacial score (nSPS) is 23.8. The highest BCUT2D eigenvalue weighted by Crippen LogP contribution is 2.70. The number of methoxy groups -OCH3 is 1. The third kappa shape index (κ3) is 14.3. The Bertz CT molecular complexity index is 6720. The molecule has 17 nitrogen and oxygen atoms in total. The fraction of sp³-hybridized carbons (Fsp3) is 0.448. The number of aliphatic hydroxyl groups is 3. The van der Waals surface area contributed by atoms with E-state index >= 15 is 0 Å². The van der Waals surface area contributed by atoms with E-state index in [9.17, 15) is 30.6 Å². The van der Waals surface area contributed by atoms with Gasteiger partial charge in [0.25, 0.3) is 6.29 Å². The highest BCUT2D eigenvalue weighted by Gasteiger charge is 2.58. The zero-order valence-corrected chi connectivity index (χ0v) is 79.7. The number of fused-ring (bicyclic) bond motifs is 32. The molecule has 5 unspecified atom stereocenters. The van der Waals surface area contributed by atoms with Gasteiger partial charge in [-0.1, -0.05) is 218 Å². The molecule has 4 spiro atoms. The summed E-state index contributed by atoms with van der Waals surface area (Å²) in [6, 6.07) is 57.6. The third-order valence-electron chi connectivity index (χ3n) is 32.0. The molecule has 692 valence electrons. The van der Waals surface area contributed by atoms with Crippen LogP contribution in [-0.2, 0) is 31.1 Å². The first-order valence-electron chi connectivity index (χ1n) is 48.6. The average molecular weight is 1790 g/mol. The molecule has 0 amide bonds. The van der Waals surface area contributed by atoms with Crippen molar-refractivity contribution >= 4 is 43.1 Å². The molecule has 0 bridgehead atoms. The van der Waals surface area contributed by atoms with Crippen LogP contribution in [0.2, 0.25) is 0 Å². The van der Waals surface area contributed by atoms with Crippen LogP contribution >= 0.6 is 0 Å². The van der Waals surface area contributed by atoms with Crippen LogP contribution in [0.15, 0.2) is 164 Å². The van der Waals surface area contributed by atoms with Crippen molar-refractivity contribution < 1.29 is 78.0 Å². The van der Waals surface area contributed by atoms with E-state index in [0.717, 1.165) is 109 Å². The van der Waals surface area contributed by atoms with Crippen molar-refractivity contribution in [1.82, 2.24) is 4.90 Å². The second-order valence-electron chi connectivity index (χ2n) is 45.9. The van der Waals surface area contributed by atoms with Crippen LogP contribution in [0.25, 0.3) is 87.6 Å². The number of hydrogen-bond donors (Lipinski definition) is 6. The number of aryl methyl sites for hydroxylation is 2. The highest BCUT2D eigenvalue weighted by molar-refractivity contribution is 6.10. The van der Waals surface area contributed by atoms with Crippen molar-refractivity contribution in [3.05, 3.63) is 219 Å². The van der Waals surface area contributed by atoms with E-state index in [1.807, 2.05) is 48.5 Å². The predicted octanol–water partition coefficient (Wildman–Crippen LogP) is 25.2. The van der Waals surface area contributed by atoms with Gasteiger partial charge in [0.15, 0.2) is 52.1 Å². The quantitative estimate of drug-likeness (QED) is 0.0966. The van der Waals surface area contributed by atoms with E-state index in [-0.39, 0.29) is 91.0 Å². The van der Waals surface area contributed by atoms with Crippen LogP contribution in [0.4, 0.5) is 0 Å². The molecule has 1 saturated heterocycles. The molecule has 4 saturated carbocycles. The number of aromatic hydroxyl groups is 3. The van der Waals surface area contributed by atoms with Gasteiger partial charge in [-0.05, 0) is 305 Å². The Labute approximate surface area is 780 Å². The van der Waals surface area contributed by atoms with Crippen LogP contribution < -0.4 is 37.9 Å². The van der Waals surface area contributed by atoms with Gasteiger partial charge in [0.1, 0.15) is 23.9 Å². The minimum Gasteiger partial charge on any atom is -0.507 e. The van der Waals surface area contributed by atoms with Crippen molar-refractivity contribution in [2.24, 2.45) is 32.5 Å². The first-order chi connectivity index (χ1) is 63.4. The maximum atomic E-state index is 11.3. The molecular formula is C116H127NO16. The number of morpholine rings is 1. The molecule has 8 aliphatic carbocycles. The Kier molecular flexibility index (Phi) is 20.5. The molecule has 17 heteroatoms. The number of nitrogens with zero attached hydrogens (tertiary/aromatic N) is 1. The zero-order chi connectivity index (χ0) is 92.5. The van der Waals surface area contributed by atoms with E-state index in [2.05, 4.69) is 211 Å². The van der Waals surface area contributed by atoms with Gasteiger partial charge in [0.05, 0.1) is 19.8 Å². The molecule has 0 aromatic heterocycles. The Morgan fingerprint density at radius 3 is 1.09 bits per heavy atom. The van der Waals surface area contributed by atoms with Gasteiger partial charge in [-0.3, -0.25) is 0 Å². The molecule has 0 radical (unpaired) electrons. The number of rotatable bonds is 4. The molecule has 6 N–H and O–H groups in total. The summed E-state index contributed by atoms with van der Waals surface area (Å²) in [4.78, 5) is 2.23. The van der Waals surface area contributed by atoms with Crippen molar-refractivity contribution in [3.63, 3.8) is 0 Å². The number of benzene rings is 12. The van der Waals surface area contributed by atoms with E-state index in [1.165, 1.54) is 171 Å². The standard InChI is InChI=1S/C31H35NO3.C30H34O5.C28H30O4.C27H28O4/c1-20-8-9-22-25(16-20)31(10-6-4-3-5-7-11-31)26-17-21(2)23-18-27-28(19-24(23)29(22)26)35-30(34-27)32-12-14-33-15-13-32;1-28(2)14-29(3,4)16-30(15-28)20-9-7-6-8-17(20)26-19-11-23-24(10-18(19)22(32)12-21(26)30)35-27(33-5)25(13-31)34-23;1-26(2)13-27(3,4)15-28(14-26)19-8-6-5-7-16(19)25-18-10-23-22(31-24(12-29)32-23)9-17(18)21(30)11-20(25)28;1-25(2)12-26(3,4)14-27(13-25)18-8-6-5-7-15(18)23-17-10-22-21(30-24(29)31-22)9-16(17)20(28)11-19(23)27/h8-9,16-19,30H,3-7,10-15H2,1-2H3;6-12,25,27,31-32H,13-16H2,1-5H3;5-11,24,29-30H,12-15H2,1-4H3;5-11,24,28-29H,12-14H2,1-4H3. The smallest absolute Gasteiger partial charge is 0.358 e. The monoisotopic (exact) mass is 1790 g/mol. The van der Waals surface area contributed by atoms with E-state index < -0.39 is 25.2 Å². The van der Waals surface area contributed by atoms with Gasteiger partial charge < -0.3 is 78.0 Å². The SMILES string of the molecule is CC1(C)CC(C)(C)CC2(C1)c1ccccc1-c1c2cc(O)c2cc3c(cc12)OC(CO)O3.CC1(C)CC(C)(C)CC2(C1)c1ccccc1-c1c2cc(O)c2cc3c(cc12)OC(O)O3.COC1Oc2cc3c(O)cc4c(c3cc2OC1CO)-c1ccccc1C41CC(C)(C)CC(C)(C)C1.Cc1ccc2c(c1)C1(CCCCCCC1)c1cc(C)c3cc4c(cc3c1-2)OC(N1CCOCC1)O4. The van der Waals surface area contributed by atoms with E-state index in [0.29, 0.717) is 34.5 Å². The number of phenolic OH excluding ortho intramolecular Hbond substituents is 3. The van der Waals surface area contributed by atoms with E-state index in [4.69, 9.17) is 47.4 Å². The van der Waals surface area contributed by atoms with Gasteiger partial charge in [-0.25, -0.2) is 4.90 Å². The maximum absolute atomic E-state index is 11.3. The molecule has 5 atom stereocenters. The van der Waals surface area contributed by atoms with Crippen molar-refractivity contribution in [2.75, 3.05) is 46.6 Å². The molecular weight excluding hydrogens is 1660 g/mol. The lowest BCUT2D eigenvalue weighted by Gasteiger charge is -2.51. The number of hydrogen-bond acceptors (Lipinski definition) is 17. The van der Waals surface area contributed by atoms with Crippen molar-refractivity contribution in [3.8, 4) is 108 Å². The molecule has 133 heavy (non-hydrogen) atoms. The summed E-state index contributed by atoms with van der Waals surface area (Å²) in [6.45, 7) is 34.4. The molecule has 5 aliphatic heterocycles. The largest absolute Gasteiger partial charge is 0.507 e. The van der Waals surface area contributed by atoms with Crippen LogP contribution in [0.5, 0.6) is 63.2 Å². The maximum Gasteiger partial charge on any atom is 0.358 e. The summed E-state index contributed by atoms with van der Waals surface area (Å²) in [6.07, 6.45) is 16.6. The lowest BCUT2D eigenvalue weighted by molar-refractivity contribution is -0.146. The molecule has 5 fully saturated rings. The Morgan fingerprint density at radius 1 is 0.338 bits per heavy atom. The molecule has 25 rings (SSSR count).